The van der Waals surface area contributed by atoms with Crippen LogP contribution in [0.3, 0.4) is 0 Å². The maximum atomic E-state index is 12.9. The van der Waals surface area contributed by atoms with E-state index >= 15 is 0 Å². The summed E-state index contributed by atoms with van der Waals surface area (Å²) in [5.74, 6) is 0.539. The lowest BCUT2D eigenvalue weighted by molar-refractivity contribution is -0.111. The first-order chi connectivity index (χ1) is 16.3. The lowest BCUT2D eigenvalue weighted by Crippen LogP contribution is -2.10. The van der Waals surface area contributed by atoms with Crippen molar-refractivity contribution in [3.63, 3.8) is 0 Å². The monoisotopic (exact) mass is 473 g/mol. The van der Waals surface area contributed by atoms with Crippen LogP contribution in [-0.2, 0) is 4.79 Å². The summed E-state index contributed by atoms with van der Waals surface area (Å²) in [5, 5.41) is 4.65. The van der Waals surface area contributed by atoms with Gasteiger partial charge in [0.2, 0.25) is 5.91 Å². The molecule has 1 heterocycles. The summed E-state index contributed by atoms with van der Waals surface area (Å²) in [5.41, 5.74) is 8.23. The van der Waals surface area contributed by atoms with Crippen molar-refractivity contribution >= 4 is 39.7 Å². The largest absolute Gasteiger partial charge is 0.493 e. The van der Waals surface area contributed by atoms with Crippen molar-refractivity contribution in [3.8, 4) is 16.9 Å². The molecular formula is C29H28ClNO3. The van der Waals surface area contributed by atoms with Gasteiger partial charge in [-0.2, -0.15) is 0 Å². The highest BCUT2D eigenvalue weighted by atomic mass is 35.5. The third kappa shape index (κ3) is 4.73. The third-order valence-electron chi connectivity index (χ3n) is 5.91. The van der Waals surface area contributed by atoms with E-state index in [1.54, 1.807) is 12.3 Å². The molecule has 0 aliphatic rings. The first-order valence-corrected chi connectivity index (χ1v) is 11.7. The zero-order valence-corrected chi connectivity index (χ0v) is 20.8. The van der Waals surface area contributed by atoms with Crippen LogP contribution >= 0.6 is 11.6 Å². The number of carbonyl (C=O) groups excluding carboxylic acids is 1. The summed E-state index contributed by atoms with van der Waals surface area (Å²) in [4.78, 5) is 12.9. The lowest BCUT2D eigenvalue weighted by Gasteiger charge is -2.15. The molecule has 0 aliphatic carbocycles. The first-order valence-electron chi connectivity index (χ1n) is 11.3. The molecule has 0 saturated carbocycles. The standard InChI is InChI=1S/C29H28ClNO3/c1-6-33-28-20(5)29-24(25(16-34-29)21-9-11-22(30)12-10-21)15-23(28)19(4)14-27(32)31-26-13-17(2)7-8-18(26)3/h7-16H,6H2,1-5H3,(H,31,32)/b19-14+. The van der Waals surface area contributed by atoms with Gasteiger partial charge < -0.3 is 14.5 Å². The Morgan fingerprint density at radius 1 is 1.09 bits per heavy atom. The van der Waals surface area contributed by atoms with E-state index in [1.165, 1.54) is 0 Å². The summed E-state index contributed by atoms with van der Waals surface area (Å²) < 4.78 is 12.0. The fourth-order valence-corrected chi connectivity index (χ4v) is 4.23. The van der Waals surface area contributed by atoms with Gasteiger partial charge in [-0.1, -0.05) is 35.9 Å². The number of allylic oxidation sites excluding steroid dienone is 1. The van der Waals surface area contributed by atoms with Crippen molar-refractivity contribution in [2.24, 2.45) is 0 Å². The van der Waals surface area contributed by atoms with Gasteiger partial charge in [-0.25, -0.2) is 0 Å². The zero-order chi connectivity index (χ0) is 24.4. The number of carbonyl (C=O) groups is 1. The number of anilines is 1. The van der Waals surface area contributed by atoms with E-state index in [-0.39, 0.29) is 5.91 Å². The molecule has 0 aliphatic heterocycles. The Morgan fingerprint density at radius 2 is 1.82 bits per heavy atom. The maximum Gasteiger partial charge on any atom is 0.248 e. The van der Waals surface area contributed by atoms with Gasteiger partial charge in [-0.15, -0.1) is 0 Å². The Kier molecular flexibility index (Phi) is 6.80. The van der Waals surface area contributed by atoms with Gasteiger partial charge in [0.05, 0.1) is 12.9 Å². The van der Waals surface area contributed by atoms with Gasteiger partial charge in [0.15, 0.2) is 0 Å². The number of fused-ring (bicyclic) bond motifs is 1. The molecule has 0 radical (unpaired) electrons. The molecule has 0 atom stereocenters. The predicted octanol–water partition coefficient (Wildman–Crippen LogP) is 8.12. The molecule has 1 N–H and O–H groups in total. The molecule has 0 bridgehead atoms. The van der Waals surface area contributed by atoms with Crippen molar-refractivity contribution in [2.45, 2.75) is 34.6 Å². The summed E-state index contributed by atoms with van der Waals surface area (Å²) in [6.07, 6.45) is 3.37. The van der Waals surface area contributed by atoms with Crippen LogP contribution in [0.2, 0.25) is 5.02 Å². The van der Waals surface area contributed by atoms with E-state index < -0.39 is 0 Å². The lowest BCUT2D eigenvalue weighted by atomic mass is 9.96. The number of rotatable bonds is 6. The number of aryl methyl sites for hydroxylation is 3. The Bertz CT molecular complexity index is 1400. The molecule has 0 saturated heterocycles. The average Bonchev–Trinajstić information content (AvgIpc) is 3.23. The van der Waals surface area contributed by atoms with Crippen molar-refractivity contribution in [1.29, 1.82) is 0 Å². The number of hydrogen-bond acceptors (Lipinski definition) is 3. The molecule has 4 rings (SSSR count). The minimum atomic E-state index is -0.184. The van der Waals surface area contributed by atoms with E-state index in [4.69, 9.17) is 20.8 Å². The number of halogens is 1. The van der Waals surface area contributed by atoms with Crippen molar-refractivity contribution < 1.29 is 13.9 Å². The second-order valence-corrected chi connectivity index (χ2v) is 8.92. The van der Waals surface area contributed by atoms with Gasteiger partial charge in [0.1, 0.15) is 11.3 Å². The normalized spacial score (nSPS) is 11.6. The van der Waals surface area contributed by atoms with E-state index in [1.807, 2.05) is 83.1 Å². The van der Waals surface area contributed by atoms with Crippen molar-refractivity contribution in [3.05, 3.63) is 88.1 Å². The Morgan fingerprint density at radius 3 is 2.53 bits per heavy atom. The topological polar surface area (TPSA) is 51.5 Å². The summed E-state index contributed by atoms with van der Waals surface area (Å²) in [7, 11) is 0. The highest BCUT2D eigenvalue weighted by Gasteiger charge is 2.19. The molecule has 0 unspecified atom stereocenters. The number of amides is 1. The number of nitrogens with one attached hydrogen (secondary N) is 1. The predicted molar refractivity (Wildman–Crippen MR) is 141 cm³/mol. The molecular weight excluding hydrogens is 446 g/mol. The Labute approximate surface area is 205 Å². The van der Waals surface area contributed by atoms with Crippen molar-refractivity contribution in [2.75, 3.05) is 11.9 Å². The second-order valence-electron chi connectivity index (χ2n) is 8.48. The van der Waals surface area contributed by atoms with Crippen LogP contribution in [-0.4, -0.2) is 12.5 Å². The third-order valence-corrected chi connectivity index (χ3v) is 6.16. The van der Waals surface area contributed by atoms with Gasteiger partial charge in [0.25, 0.3) is 0 Å². The first kappa shape index (κ1) is 23.7. The molecule has 1 amide bonds. The number of furan rings is 1. The van der Waals surface area contributed by atoms with Crippen LogP contribution in [0.1, 0.15) is 36.1 Å². The maximum absolute atomic E-state index is 12.9. The molecule has 0 fully saturated rings. The minimum Gasteiger partial charge on any atom is -0.493 e. The number of hydrogen-bond donors (Lipinski definition) is 1. The Hall–Kier alpha value is -3.50. The molecule has 4 nitrogen and oxygen atoms in total. The number of ether oxygens (including phenoxy) is 1. The molecule has 3 aromatic carbocycles. The average molecular weight is 474 g/mol. The van der Waals surface area contributed by atoms with Crippen LogP contribution < -0.4 is 10.1 Å². The summed E-state index contributed by atoms with van der Waals surface area (Å²) in [6.45, 7) is 10.3. The van der Waals surface area contributed by atoms with E-state index in [0.717, 1.165) is 61.4 Å². The second kappa shape index (κ2) is 9.78. The van der Waals surface area contributed by atoms with Crippen LogP contribution in [0.15, 0.2) is 65.3 Å². The molecule has 5 heteroatoms. The minimum absolute atomic E-state index is 0.184. The highest BCUT2D eigenvalue weighted by molar-refractivity contribution is 6.30. The van der Waals surface area contributed by atoms with E-state index in [2.05, 4.69) is 5.32 Å². The fraction of sp³-hybridized carbons (Fsp3) is 0.207. The fourth-order valence-electron chi connectivity index (χ4n) is 4.11. The van der Waals surface area contributed by atoms with Gasteiger partial charge >= 0.3 is 0 Å². The quantitative estimate of drug-likeness (QED) is 0.287. The summed E-state index contributed by atoms with van der Waals surface area (Å²) in [6, 6.07) is 15.7. The van der Waals surface area contributed by atoms with Crippen LogP contribution in [0.5, 0.6) is 5.75 Å². The van der Waals surface area contributed by atoms with Gasteiger partial charge in [0, 0.05) is 38.9 Å². The highest BCUT2D eigenvalue weighted by Crippen LogP contribution is 2.41. The SMILES string of the molecule is CCOc1c(/C(C)=C/C(=O)Nc2cc(C)ccc2C)cc2c(-c3ccc(Cl)cc3)coc2c1C. The van der Waals surface area contributed by atoms with E-state index in [9.17, 15) is 4.79 Å². The Balaban J connectivity index is 1.78. The molecule has 0 spiro atoms. The van der Waals surface area contributed by atoms with Crippen LogP contribution in [0.4, 0.5) is 5.69 Å². The van der Waals surface area contributed by atoms with Crippen LogP contribution in [0.25, 0.3) is 27.7 Å². The van der Waals surface area contributed by atoms with Crippen molar-refractivity contribution in [1.82, 2.24) is 0 Å². The zero-order valence-electron chi connectivity index (χ0n) is 20.1. The van der Waals surface area contributed by atoms with Crippen LogP contribution in [0, 0.1) is 20.8 Å². The van der Waals surface area contributed by atoms with Gasteiger partial charge in [-0.3, -0.25) is 4.79 Å². The summed E-state index contributed by atoms with van der Waals surface area (Å²) >= 11 is 6.08. The molecule has 174 valence electrons. The molecule has 34 heavy (non-hydrogen) atoms. The van der Waals surface area contributed by atoms with E-state index in [0.29, 0.717) is 11.6 Å². The number of benzene rings is 3. The molecule has 4 aromatic rings. The smallest absolute Gasteiger partial charge is 0.248 e. The molecule has 1 aromatic heterocycles. The van der Waals surface area contributed by atoms with Gasteiger partial charge in [-0.05, 0) is 81.1 Å².